The molecule has 0 rings (SSSR count). The third-order valence-corrected chi connectivity index (χ3v) is 1.61. The molecule has 0 spiro atoms. The van der Waals surface area contributed by atoms with Crippen molar-refractivity contribution in [3.05, 3.63) is 0 Å². The lowest BCUT2D eigenvalue weighted by molar-refractivity contribution is -0.160. The Morgan fingerprint density at radius 2 is 1.71 bits per heavy atom. The van der Waals surface area contributed by atoms with Gasteiger partial charge in [0.1, 0.15) is 12.2 Å². The van der Waals surface area contributed by atoms with Crippen LogP contribution in [0.15, 0.2) is 0 Å². The first-order valence-electron chi connectivity index (χ1n) is 4.79. The molecule has 0 aliphatic rings. The summed E-state index contributed by atoms with van der Waals surface area (Å²) in [5, 5.41) is 0. The summed E-state index contributed by atoms with van der Waals surface area (Å²) in [5.41, 5.74) is 0. The number of hydrogen-bond donors (Lipinski definition) is 0. The second-order valence-electron chi connectivity index (χ2n) is 3.18. The zero-order valence-corrected chi connectivity index (χ0v) is 8.67. The van der Waals surface area contributed by atoms with Crippen LogP contribution in [0.5, 0.6) is 0 Å². The van der Waals surface area contributed by atoms with Gasteiger partial charge in [0.05, 0.1) is 0 Å². The van der Waals surface area contributed by atoms with E-state index in [4.69, 9.17) is 0 Å². The number of ketones is 1. The van der Waals surface area contributed by atoms with E-state index in [2.05, 4.69) is 4.74 Å². The van der Waals surface area contributed by atoms with E-state index in [1.165, 1.54) is 6.92 Å². The van der Waals surface area contributed by atoms with Gasteiger partial charge in [-0.25, -0.2) is 0 Å². The van der Waals surface area contributed by atoms with Gasteiger partial charge in [-0.05, 0) is 13.3 Å². The molecule has 0 atom stereocenters. The molecule has 0 aliphatic carbocycles. The summed E-state index contributed by atoms with van der Waals surface area (Å²) >= 11 is 0. The maximum atomic E-state index is 11.0. The number of carbonyl (C=O) groups is 3. The summed E-state index contributed by atoms with van der Waals surface area (Å²) < 4.78 is 4.41. The number of rotatable bonds is 6. The fourth-order valence-corrected chi connectivity index (χ4v) is 0.937. The highest BCUT2D eigenvalue weighted by molar-refractivity contribution is 5.98. The van der Waals surface area contributed by atoms with E-state index in [-0.39, 0.29) is 18.6 Å². The number of hydrogen-bond acceptors (Lipinski definition) is 4. The topological polar surface area (TPSA) is 60.4 Å². The summed E-state index contributed by atoms with van der Waals surface area (Å²) in [7, 11) is 0. The summed E-state index contributed by atoms with van der Waals surface area (Å²) in [6.45, 7) is 3.30. The lowest BCUT2D eigenvalue weighted by atomic mass is 10.2. The fraction of sp³-hybridized carbons (Fsp3) is 0.700. The van der Waals surface area contributed by atoms with Crippen LogP contribution in [-0.4, -0.2) is 17.7 Å². The van der Waals surface area contributed by atoms with Gasteiger partial charge in [0.25, 0.3) is 0 Å². The van der Waals surface area contributed by atoms with Crippen molar-refractivity contribution in [3.63, 3.8) is 0 Å². The second-order valence-corrected chi connectivity index (χ2v) is 3.18. The van der Waals surface area contributed by atoms with Gasteiger partial charge in [0.15, 0.2) is 0 Å². The minimum atomic E-state index is -0.751. The normalized spacial score (nSPS) is 9.57. The van der Waals surface area contributed by atoms with Crippen molar-refractivity contribution in [2.24, 2.45) is 0 Å². The lowest BCUT2D eigenvalue weighted by Crippen LogP contribution is -2.14. The summed E-state index contributed by atoms with van der Waals surface area (Å²) in [6, 6.07) is 0. The minimum absolute atomic E-state index is 0.248. The lowest BCUT2D eigenvalue weighted by Gasteiger charge is -2.00. The van der Waals surface area contributed by atoms with Crippen molar-refractivity contribution in [3.8, 4) is 0 Å². The zero-order chi connectivity index (χ0) is 11.0. The third kappa shape index (κ3) is 7.46. The van der Waals surface area contributed by atoms with Crippen LogP contribution in [0.2, 0.25) is 0 Å². The molecule has 0 aliphatic heterocycles. The second kappa shape index (κ2) is 7.24. The van der Waals surface area contributed by atoms with Crippen molar-refractivity contribution < 1.29 is 19.1 Å². The maximum Gasteiger partial charge on any atom is 0.320 e. The number of carbonyl (C=O) groups excluding carboxylic acids is 3. The first-order valence-corrected chi connectivity index (χ1v) is 4.79. The molecule has 0 aromatic carbocycles. The van der Waals surface area contributed by atoms with Gasteiger partial charge in [0, 0.05) is 6.42 Å². The molecule has 4 heteroatoms. The maximum absolute atomic E-state index is 11.0. The molecule has 0 bridgehead atoms. The Bertz CT molecular complexity index is 220. The van der Waals surface area contributed by atoms with Crippen LogP contribution in [0.1, 0.15) is 46.0 Å². The molecule has 0 N–H and O–H groups in total. The predicted molar refractivity (Wildman–Crippen MR) is 50.5 cm³/mol. The quantitative estimate of drug-likeness (QED) is 0.371. The van der Waals surface area contributed by atoms with Gasteiger partial charge in [-0.3, -0.25) is 14.4 Å². The summed E-state index contributed by atoms with van der Waals surface area (Å²) in [6.07, 6.45) is 2.60. The summed E-state index contributed by atoms with van der Waals surface area (Å²) in [5.74, 6) is -1.58. The molecule has 0 aromatic heterocycles. The van der Waals surface area contributed by atoms with E-state index in [0.29, 0.717) is 0 Å². The highest BCUT2D eigenvalue weighted by Crippen LogP contribution is 2.01. The Morgan fingerprint density at radius 1 is 1.07 bits per heavy atom. The number of esters is 2. The molecule has 0 saturated carbocycles. The van der Waals surface area contributed by atoms with Crippen LogP contribution in [0, 0.1) is 0 Å². The average Bonchev–Trinajstić information content (AvgIpc) is 2.02. The van der Waals surface area contributed by atoms with E-state index < -0.39 is 11.9 Å². The van der Waals surface area contributed by atoms with Gasteiger partial charge >= 0.3 is 11.9 Å². The minimum Gasteiger partial charge on any atom is -0.393 e. The molecule has 0 unspecified atom stereocenters. The Hall–Kier alpha value is -1.19. The van der Waals surface area contributed by atoms with Crippen molar-refractivity contribution in [2.75, 3.05) is 0 Å². The van der Waals surface area contributed by atoms with Gasteiger partial charge < -0.3 is 4.74 Å². The van der Waals surface area contributed by atoms with Crippen LogP contribution in [0.3, 0.4) is 0 Å². The van der Waals surface area contributed by atoms with E-state index >= 15 is 0 Å². The Balaban J connectivity index is 3.61. The molecule has 0 heterocycles. The number of unbranched alkanes of at least 4 members (excludes halogenated alkanes) is 2. The average molecular weight is 200 g/mol. The first kappa shape index (κ1) is 12.8. The van der Waals surface area contributed by atoms with Crippen LogP contribution < -0.4 is 0 Å². The monoisotopic (exact) mass is 200 g/mol. The van der Waals surface area contributed by atoms with Crippen molar-refractivity contribution >= 4 is 17.7 Å². The first-order chi connectivity index (χ1) is 6.56. The van der Waals surface area contributed by atoms with Crippen molar-refractivity contribution in [2.45, 2.75) is 46.0 Å². The van der Waals surface area contributed by atoms with Crippen molar-refractivity contribution in [1.82, 2.24) is 0 Å². The largest absolute Gasteiger partial charge is 0.393 e. The van der Waals surface area contributed by atoms with Crippen molar-refractivity contribution in [1.29, 1.82) is 0 Å². The SMILES string of the molecule is CCCCCC(=O)OC(=O)CC(C)=O. The molecule has 0 saturated heterocycles. The molecule has 0 amide bonds. The summed E-state index contributed by atoms with van der Waals surface area (Å²) in [4.78, 5) is 32.3. The van der Waals surface area contributed by atoms with E-state index in [0.717, 1.165) is 19.3 Å². The standard InChI is InChI=1S/C10H16O4/c1-3-4-5-6-9(12)14-10(13)7-8(2)11/h3-7H2,1-2H3. The highest BCUT2D eigenvalue weighted by Gasteiger charge is 2.11. The van der Waals surface area contributed by atoms with E-state index in [1.807, 2.05) is 6.92 Å². The molecule has 80 valence electrons. The smallest absolute Gasteiger partial charge is 0.320 e. The van der Waals surface area contributed by atoms with Crippen LogP contribution in [0.25, 0.3) is 0 Å². The van der Waals surface area contributed by atoms with Gasteiger partial charge in [-0.2, -0.15) is 0 Å². The van der Waals surface area contributed by atoms with E-state index in [9.17, 15) is 14.4 Å². The Morgan fingerprint density at radius 3 is 2.21 bits per heavy atom. The molecule has 14 heavy (non-hydrogen) atoms. The van der Waals surface area contributed by atoms with Gasteiger partial charge in [-0.15, -0.1) is 0 Å². The Kier molecular flexibility index (Phi) is 6.62. The molecule has 0 fully saturated rings. The molecule has 4 nitrogen and oxygen atoms in total. The van der Waals surface area contributed by atoms with Gasteiger partial charge in [0.2, 0.25) is 0 Å². The van der Waals surface area contributed by atoms with Crippen LogP contribution in [0.4, 0.5) is 0 Å². The fourth-order valence-electron chi connectivity index (χ4n) is 0.937. The highest BCUT2D eigenvalue weighted by atomic mass is 16.6. The zero-order valence-electron chi connectivity index (χ0n) is 8.67. The Labute approximate surface area is 83.6 Å². The van der Waals surface area contributed by atoms with Crippen LogP contribution in [-0.2, 0) is 19.1 Å². The third-order valence-electron chi connectivity index (χ3n) is 1.61. The number of ether oxygens (including phenoxy) is 1. The number of Topliss-reactive ketones (excluding diaryl/α,β-unsaturated/α-hetero) is 1. The molecular formula is C10H16O4. The molecule has 0 radical (unpaired) electrons. The van der Waals surface area contributed by atoms with Crippen LogP contribution >= 0.6 is 0 Å². The molecular weight excluding hydrogens is 184 g/mol. The van der Waals surface area contributed by atoms with E-state index in [1.54, 1.807) is 0 Å². The molecule has 0 aromatic rings. The van der Waals surface area contributed by atoms with Gasteiger partial charge in [-0.1, -0.05) is 19.8 Å². The predicted octanol–water partition coefficient (Wildman–Crippen LogP) is 1.62.